The zero-order valence-corrected chi connectivity index (χ0v) is 37.0. The van der Waals surface area contributed by atoms with Crippen molar-refractivity contribution in [3.05, 3.63) is 105 Å². The summed E-state index contributed by atoms with van der Waals surface area (Å²) < 4.78 is 12.7. The first kappa shape index (κ1) is 43.9. The zero-order valence-electron chi connectivity index (χ0n) is 37.0. The molecule has 4 heterocycles. The third-order valence-electron chi connectivity index (χ3n) is 14.5. The number of esters is 1. The second-order valence-electron chi connectivity index (χ2n) is 19.2. The first-order chi connectivity index (χ1) is 29.8. The summed E-state index contributed by atoms with van der Waals surface area (Å²) in [6.07, 6.45) is 16.5. The number of aliphatic hydroxyl groups excluding tert-OH is 1. The van der Waals surface area contributed by atoms with Gasteiger partial charge in [-0.3, -0.25) is 9.59 Å². The third kappa shape index (κ3) is 8.27. The van der Waals surface area contributed by atoms with Crippen LogP contribution in [0.1, 0.15) is 116 Å². The highest BCUT2D eigenvalue weighted by atomic mass is 16.7. The number of nitrogens with two attached hydrogens (primary N) is 1. The molecule has 0 unspecified atom stereocenters. The van der Waals surface area contributed by atoms with Crippen molar-refractivity contribution in [3.8, 4) is 0 Å². The van der Waals surface area contributed by atoms with Crippen molar-refractivity contribution in [3.63, 3.8) is 0 Å². The maximum absolute atomic E-state index is 15.3. The number of benzene rings is 1. The molecule has 2 fully saturated rings. The minimum Gasteiger partial charge on any atom is -0.463 e. The van der Waals surface area contributed by atoms with Crippen molar-refractivity contribution >= 4 is 29.2 Å². The fourth-order valence-corrected chi connectivity index (χ4v) is 11.1. The van der Waals surface area contributed by atoms with Crippen LogP contribution in [-0.2, 0) is 40.0 Å². The standard InChI is InChI=1S/C50H64N6O6/c1-6-53-40-23-34-11-8-7-10-33(34)22-36(40)29-61-47(60)50-45(59)43-35(25-48(3,4)24-31-15-18-41(51)55-27-31)12-9-13-39(43)44(58)49(50,62-50)26-37(28-57)30(2)14-16-32-20-21-54-46-38(32)17-19-42(52-5)56-46/h8-9,11-13,15,18,20-21,27,33-34,36,40,42,52-53,57H,6-7,10,14,16-17,19,22-26,28-29H2,1-5H3,(H2,51,55)(H,54,56)/b37-30-/t33-,34+,36+,40-,42+,49-,50-/m0/s1. The molecule has 2 aromatic heterocycles. The number of rotatable bonds is 16. The Morgan fingerprint density at radius 2 is 1.92 bits per heavy atom. The number of pyridine rings is 2. The fourth-order valence-electron chi connectivity index (χ4n) is 11.1. The molecule has 0 spiro atoms. The Kier molecular flexibility index (Phi) is 12.6. The normalized spacial score (nSPS) is 27.9. The number of anilines is 2. The average molecular weight is 845 g/mol. The Bertz CT molecular complexity index is 2250. The van der Waals surface area contributed by atoms with Crippen LogP contribution < -0.4 is 21.7 Å². The van der Waals surface area contributed by atoms with E-state index in [4.69, 9.17) is 15.2 Å². The van der Waals surface area contributed by atoms with Gasteiger partial charge in [0.25, 0.3) is 5.60 Å². The van der Waals surface area contributed by atoms with Gasteiger partial charge in [0, 0.05) is 41.9 Å². The molecule has 8 rings (SSSR count). The number of nitrogen functional groups attached to an aromatic ring is 1. The number of hydrogen-bond donors (Lipinski definition) is 5. The predicted molar refractivity (Wildman–Crippen MR) is 240 cm³/mol. The lowest BCUT2D eigenvalue weighted by Crippen LogP contribution is -2.52. The van der Waals surface area contributed by atoms with Crippen molar-refractivity contribution in [2.45, 2.75) is 122 Å². The summed E-state index contributed by atoms with van der Waals surface area (Å²) in [5.41, 5.74) is 7.42. The summed E-state index contributed by atoms with van der Waals surface area (Å²) in [5.74, 6) is 0.556. The van der Waals surface area contributed by atoms with Crippen LogP contribution in [0, 0.1) is 23.2 Å². The van der Waals surface area contributed by atoms with Crippen LogP contribution in [0.4, 0.5) is 11.6 Å². The largest absolute Gasteiger partial charge is 0.463 e. The average Bonchev–Trinajstić information content (AvgIpc) is 3.97. The van der Waals surface area contributed by atoms with Crippen molar-refractivity contribution in [2.24, 2.45) is 23.2 Å². The van der Waals surface area contributed by atoms with Crippen molar-refractivity contribution < 1.29 is 29.0 Å². The lowest BCUT2D eigenvalue weighted by molar-refractivity contribution is -0.150. The quantitative estimate of drug-likeness (QED) is 0.0458. The van der Waals surface area contributed by atoms with E-state index in [9.17, 15) is 9.90 Å². The van der Waals surface area contributed by atoms with Gasteiger partial charge in [-0.25, -0.2) is 14.8 Å². The molecule has 0 radical (unpaired) electrons. The molecule has 12 nitrogen and oxygen atoms in total. The van der Waals surface area contributed by atoms with Crippen LogP contribution in [-0.4, -0.2) is 82.8 Å². The van der Waals surface area contributed by atoms with E-state index >= 15 is 9.59 Å². The molecule has 12 heteroatoms. The second kappa shape index (κ2) is 17.8. The van der Waals surface area contributed by atoms with Gasteiger partial charge in [-0.15, -0.1) is 0 Å². The number of fused-ring (bicyclic) bond motifs is 4. The fraction of sp³-hybridized carbons (Fsp3) is 0.540. The van der Waals surface area contributed by atoms with Gasteiger partial charge >= 0.3 is 5.97 Å². The Labute approximate surface area is 365 Å². The summed E-state index contributed by atoms with van der Waals surface area (Å²) in [7, 11) is 1.93. The molecule has 0 amide bonds. The summed E-state index contributed by atoms with van der Waals surface area (Å²) in [6, 6.07) is 11.2. The van der Waals surface area contributed by atoms with Gasteiger partial charge in [-0.2, -0.15) is 0 Å². The first-order valence-electron chi connectivity index (χ1n) is 22.7. The second-order valence-corrected chi connectivity index (χ2v) is 19.2. The van der Waals surface area contributed by atoms with Gasteiger partial charge in [-0.1, -0.05) is 62.8 Å². The molecule has 3 aliphatic carbocycles. The molecule has 0 bridgehead atoms. The number of epoxide rings is 1. The summed E-state index contributed by atoms with van der Waals surface area (Å²) in [4.78, 5) is 54.1. The number of aromatic nitrogens is 2. The summed E-state index contributed by atoms with van der Waals surface area (Å²) >= 11 is 0. The highest BCUT2D eigenvalue weighted by Gasteiger charge is 2.86. The molecule has 330 valence electrons. The van der Waals surface area contributed by atoms with E-state index in [0.717, 1.165) is 62.0 Å². The molecule has 5 aliphatic rings. The topological polar surface area (TPSA) is 181 Å². The van der Waals surface area contributed by atoms with Gasteiger partial charge in [0.05, 0.1) is 19.4 Å². The van der Waals surface area contributed by atoms with Gasteiger partial charge in [0.15, 0.2) is 11.4 Å². The van der Waals surface area contributed by atoms with Gasteiger partial charge in [-0.05, 0) is 142 Å². The molecule has 62 heavy (non-hydrogen) atoms. The van der Waals surface area contributed by atoms with Gasteiger partial charge in [0.2, 0.25) is 5.78 Å². The minimum atomic E-state index is -2.17. The van der Waals surface area contributed by atoms with E-state index in [1.165, 1.54) is 11.1 Å². The minimum absolute atomic E-state index is 0.0467. The number of aliphatic hydroxyl groups is 1. The van der Waals surface area contributed by atoms with Crippen molar-refractivity contribution in [1.29, 1.82) is 0 Å². The van der Waals surface area contributed by atoms with Crippen LogP contribution in [0.3, 0.4) is 0 Å². The predicted octanol–water partition coefficient (Wildman–Crippen LogP) is 6.51. The Morgan fingerprint density at radius 3 is 2.68 bits per heavy atom. The van der Waals surface area contributed by atoms with E-state index in [-0.39, 0.29) is 54.3 Å². The Hall–Kier alpha value is -4.75. The molecule has 2 aliphatic heterocycles. The van der Waals surface area contributed by atoms with E-state index in [1.807, 2.05) is 38.4 Å². The highest BCUT2D eigenvalue weighted by Crippen LogP contribution is 2.60. The first-order valence-corrected chi connectivity index (χ1v) is 22.7. The van der Waals surface area contributed by atoms with E-state index in [1.54, 1.807) is 24.4 Å². The van der Waals surface area contributed by atoms with Crippen LogP contribution in [0.2, 0.25) is 0 Å². The SMILES string of the molecule is CCN[C@H]1C[C@H]2C=CCC[C@H]2C[C@@H]1COC(=O)[C@]12O[C@@]1(C/C(CO)=C(\C)CCc1ccnc3c1CC[C@H](NC)N3)C(=O)c1cccc(CC(C)(C)Cc3ccc(N)nc3)c1C2=O. The lowest BCUT2D eigenvalue weighted by atomic mass is 9.68. The Morgan fingerprint density at radius 1 is 1.08 bits per heavy atom. The van der Waals surface area contributed by atoms with Gasteiger partial charge in [0.1, 0.15) is 11.6 Å². The molecular weight excluding hydrogens is 781 g/mol. The van der Waals surface area contributed by atoms with E-state index in [2.05, 4.69) is 58.8 Å². The number of nitrogens with zero attached hydrogens (tertiary/aromatic N) is 2. The monoisotopic (exact) mass is 844 g/mol. The molecule has 3 aromatic rings. The number of carbonyl (C=O) groups is 3. The molecule has 7 atom stereocenters. The molecule has 1 saturated heterocycles. The number of carbonyl (C=O) groups excluding carboxylic acids is 3. The zero-order chi connectivity index (χ0) is 43.8. The molecule has 1 saturated carbocycles. The number of ether oxygens (including phenoxy) is 2. The lowest BCUT2D eigenvalue weighted by Gasteiger charge is -2.42. The van der Waals surface area contributed by atoms with Crippen molar-refractivity contribution in [2.75, 3.05) is 37.9 Å². The third-order valence-corrected chi connectivity index (χ3v) is 14.5. The van der Waals surface area contributed by atoms with Crippen LogP contribution in [0.15, 0.2) is 72.1 Å². The van der Waals surface area contributed by atoms with Crippen LogP contribution >= 0.6 is 0 Å². The number of ketones is 2. The van der Waals surface area contributed by atoms with Crippen LogP contribution in [0.5, 0.6) is 0 Å². The number of Topliss-reactive ketones (excluding diaryl/α,β-unsaturated/α-hetero) is 2. The van der Waals surface area contributed by atoms with Crippen molar-refractivity contribution in [1.82, 2.24) is 20.6 Å². The summed E-state index contributed by atoms with van der Waals surface area (Å²) in [6.45, 7) is 8.80. The number of hydrogen-bond acceptors (Lipinski definition) is 12. The smallest absolute Gasteiger partial charge is 0.350 e. The maximum atomic E-state index is 15.3. The van der Waals surface area contributed by atoms with Gasteiger partial charge < -0.3 is 36.3 Å². The summed E-state index contributed by atoms with van der Waals surface area (Å²) in [5, 5.41) is 21.3. The Balaban J connectivity index is 1.10. The van der Waals surface area contributed by atoms with E-state index < -0.39 is 28.7 Å². The number of allylic oxidation sites excluding steroid dienone is 3. The van der Waals surface area contributed by atoms with E-state index in [0.29, 0.717) is 54.5 Å². The molecule has 6 N–H and O–H groups in total. The van der Waals surface area contributed by atoms with Crippen LogP contribution in [0.25, 0.3) is 0 Å². The number of aryl methyl sites for hydroxylation is 1. The molecular formula is C50H64N6O6. The number of nitrogens with one attached hydrogen (secondary N) is 3. The molecule has 1 aromatic carbocycles. The maximum Gasteiger partial charge on any atom is 0.350 e. The highest BCUT2D eigenvalue weighted by molar-refractivity contribution is 6.33.